The monoisotopic (exact) mass is 295 g/mol. The van der Waals surface area contributed by atoms with Gasteiger partial charge in [0, 0.05) is 25.2 Å². The van der Waals surface area contributed by atoms with E-state index in [2.05, 4.69) is 5.32 Å². The molecule has 0 saturated heterocycles. The molecule has 8 heteroatoms. The summed E-state index contributed by atoms with van der Waals surface area (Å²) in [6.45, 7) is 1.90. The Labute approximate surface area is 120 Å². The van der Waals surface area contributed by atoms with Crippen molar-refractivity contribution in [1.82, 2.24) is 9.88 Å². The summed E-state index contributed by atoms with van der Waals surface area (Å²) in [5.41, 5.74) is 5.48. The highest BCUT2D eigenvalue weighted by molar-refractivity contribution is 5.88. The van der Waals surface area contributed by atoms with Gasteiger partial charge in [-0.1, -0.05) is 0 Å². The summed E-state index contributed by atoms with van der Waals surface area (Å²) >= 11 is 0. The average Bonchev–Trinajstić information content (AvgIpc) is 2.36. The molecular weight excluding hydrogens is 278 g/mol. The summed E-state index contributed by atoms with van der Waals surface area (Å²) in [4.78, 5) is 44.8. The number of nitrogens with zero attached hydrogens (tertiary/aromatic N) is 1. The van der Waals surface area contributed by atoms with Crippen LogP contribution >= 0.6 is 0 Å². The third kappa shape index (κ3) is 5.47. The number of rotatable bonds is 7. The van der Waals surface area contributed by atoms with Gasteiger partial charge in [-0.05, 0) is 18.6 Å². The molecule has 1 atom stereocenters. The van der Waals surface area contributed by atoms with Gasteiger partial charge < -0.3 is 20.7 Å². The molecule has 1 heterocycles. The number of amides is 2. The van der Waals surface area contributed by atoms with Gasteiger partial charge in [-0.2, -0.15) is 0 Å². The Balaban J connectivity index is 2.58. The molecule has 2 amide bonds. The number of aryl methyl sites for hydroxylation is 2. The van der Waals surface area contributed by atoms with Crippen molar-refractivity contribution < 1.29 is 19.5 Å². The van der Waals surface area contributed by atoms with Crippen molar-refractivity contribution in [2.45, 2.75) is 32.4 Å². The second-order valence-electron chi connectivity index (χ2n) is 4.61. The van der Waals surface area contributed by atoms with Crippen molar-refractivity contribution in [3.8, 4) is 0 Å². The number of carbonyl (C=O) groups excluding carboxylic acids is 2. The molecule has 0 spiro atoms. The second kappa shape index (κ2) is 7.22. The van der Waals surface area contributed by atoms with Crippen LogP contribution in [0.15, 0.2) is 23.1 Å². The van der Waals surface area contributed by atoms with Crippen molar-refractivity contribution >= 4 is 17.8 Å². The third-order valence-electron chi connectivity index (χ3n) is 2.77. The second-order valence-corrected chi connectivity index (χ2v) is 4.61. The van der Waals surface area contributed by atoms with Crippen LogP contribution in [0.2, 0.25) is 0 Å². The van der Waals surface area contributed by atoms with Gasteiger partial charge in [0.1, 0.15) is 6.04 Å². The fourth-order valence-electron chi connectivity index (χ4n) is 1.68. The molecule has 1 unspecified atom stereocenters. The van der Waals surface area contributed by atoms with Crippen LogP contribution in [-0.2, 0) is 20.9 Å². The lowest BCUT2D eigenvalue weighted by Gasteiger charge is -2.13. The van der Waals surface area contributed by atoms with Crippen LogP contribution in [0, 0.1) is 6.92 Å². The fourth-order valence-corrected chi connectivity index (χ4v) is 1.68. The van der Waals surface area contributed by atoms with Gasteiger partial charge in [-0.3, -0.25) is 14.4 Å². The van der Waals surface area contributed by atoms with Crippen molar-refractivity contribution in [1.29, 1.82) is 0 Å². The van der Waals surface area contributed by atoms with Gasteiger partial charge in [-0.15, -0.1) is 0 Å². The standard InChI is InChI=1S/C13H17N3O5/c1-8-2-4-16(12(19)6-8)5-3-11(18)15-9(13(20)21)7-10(14)17/h2,4,6,9H,3,5,7H2,1H3,(H2,14,17)(H,15,18)(H,20,21). The first-order valence-electron chi connectivity index (χ1n) is 6.27. The first-order chi connectivity index (χ1) is 9.79. The molecule has 0 bridgehead atoms. The highest BCUT2D eigenvalue weighted by Crippen LogP contribution is 1.96. The minimum Gasteiger partial charge on any atom is -0.480 e. The Morgan fingerprint density at radius 2 is 2.10 bits per heavy atom. The quantitative estimate of drug-likeness (QED) is 0.593. The van der Waals surface area contributed by atoms with Crippen LogP contribution in [-0.4, -0.2) is 33.5 Å². The summed E-state index contributed by atoms with van der Waals surface area (Å²) in [5.74, 6) is -2.73. The molecule has 0 aliphatic carbocycles. The lowest BCUT2D eigenvalue weighted by atomic mass is 10.2. The molecule has 4 N–H and O–H groups in total. The van der Waals surface area contributed by atoms with Gasteiger partial charge in [0.25, 0.3) is 5.56 Å². The van der Waals surface area contributed by atoms with Gasteiger partial charge in [0.05, 0.1) is 6.42 Å². The maximum atomic E-state index is 11.6. The van der Waals surface area contributed by atoms with Gasteiger partial charge in [0.15, 0.2) is 0 Å². The van der Waals surface area contributed by atoms with E-state index in [1.54, 1.807) is 19.2 Å². The molecule has 114 valence electrons. The molecule has 1 aromatic heterocycles. The number of nitrogens with two attached hydrogens (primary N) is 1. The summed E-state index contributed by atoms with van der Waals surface area (Å²) in [6, 6.07) is 1.81. The summed E-state index contributed by atoms with van der Waals surface area (Å²) in [7, 11) is 0. The van der Waals surface area contributed by atoms with E-state index < -0.39 is 30.2 Å². The normalized spacial score (nSPS) is 11.7. The Hall–Kier alpha value is -2.64. The smallest absolute Gasteiger partial charge is 0.326 e. The summed E-state index contributed by atoms with van der Waals surface area (Å²) in [5, 5.41) is 11.0. The predicted molar refractivity (Wildman–Crippen MR) is 73.4 cm³/mol. The maximum Gasteiger partial charge on any atom is 0.326 e. The van der Waals surface area contributed by atoms with E-state index in [-0.39, 0.29) is 18.5 Å². The number of pyridine rings is 1. The molecule has 21 heavy (non-hydrogen) atoms. The van der Waals surface area contributed by atoms with Gasteiger partial charge in [0.2, 0.25) is 11.8 Å². The number of hydrogen-bond donors (Lipinski definition) is 3. The van der Waals surface area contributed by atoms with E-state index in [4.69, 9.17) is 10.8 Å². The lowest BCUT2D eigenvalue weighted by molar-refractivity contribution is -0.143. The van der Waals surface area contributed by atoms with Gasteiger partial charge in [-0.25, -0.2) is 4.79 Å². The third-order valence-corrected chi connectivity index (χ3v) is 2.77. The minimum absolute atomic E-state index is 0.0779. The Bertz CT molecular complexity index is 608. The number of hydrogen-bond acceptors (Lipinski definition) is 4. The number of primary amides is 1. The molecule has 8 nitrogen and oxygen atoms in total. The SMILES string of the molecule is Cc1ccn(CCC(=O)NC(CC(N)=O)C(=O)O)c(=O)c1. The van der Waals surface area contributed by atoms with E-state index in [0.717, 1.165) is 5.56 Å². The fraction of sp³-hybridized carbons (Fsp3) is 0.385. The van der Waals surface area contributed by atoms with Crippen molar-refractivity contribution in [2.75, 3.05) is 0 Å². The zero-order valence-electron chi connectivity index (χ0n) is 11.5. The first kappa shape index (κ1) is 16.4. The number of carboxylic acid groups (broad SMARTS) is 1. The Kier molecular flexibility index (Phi) is 5.65. The highest BCUT2D eigenvalue weighted by atomic mass is 16.4. The van der Waals surface area contributed by atoms with E-state index in [9.17, 15) is 19.2 Å². The number of carbonyl (C=O) groups is 3. The van der Waals surface area contributed by atoms with E-state index in [0.29, 0.717) is 0 Å². The highest BCUT2D eigenvalue weighted by Gasteiger charge is 2.21. The number of nitrogens with one attached hydrogen (secondary N) is 1. The summed E-state index contributed by atoms with van der Waals surface area (Å²) < 4.78 is 1.34. The zero-order valence-corrected chi connectivity index (χ0v) is 11.5. The molecule has 0 aliphatic heterocycles. The van der Waals surface area contributed by atoms with Crippen LogP contribution in [0.3, 0.4) is 0 Å². The lowest BCUT2D eigenvalue weighted by Crippen LogP contribution is -2.43. The zero-order chi connectivity index (χ0) is 16.0. The number of aliphatic carboxylic acids is 1. The van der Waals surface area contributed by atoms with Crippen molar-refractivity contribution in [3.63, 3.8) is 0 Å². The maximum absolute atomic E-state index is 11.6. The Morgan fingerprint density at radius 1 is 1.43 bits per heavy atom. The average molecular weight is 295 g/mol. The van der Waals surface area contributed by atoms with E-state index >= 15 is 0 Å². The molecule has 0 aliphatic rings. The van der Waals surface area contributed by atoms with E-state index in [1.165, 1.54) is 10.6 Å². The molecule has 1 rings (SSSR count). The molecule has 0 fully saturated rings. The largest absolute Gasteiger partial charge is 0.480 e. The molecule has 1 aromatic rings. The molecule has 0 radical (unpaired) electrons. The number of carboxylic acids is 1. The van der Waals surface area contributed by atoms with Crippen LogP contribution < -0.4 is 16.6 Å². The predicted octanol–water partition coefficient (Wildman–Crippen LogP) is -1.01. The number of aromatic nitrogens is 1. The molecule has 0 aromatic carbocycles. The molecule has 0 saturated carbocycles. The van der Waals surface area contributed by atoms with Crippen LogP contribution in [0.4, 0.5) is 0 Å². The Morgan fingerprint density at radius 3 is 2.62 bits per heavy atom. The van der Waals surface area contributed by atoms with Crippen LogP contribution in [0.25, 0.3) is 0 Å². The minimum atomic E-state index is -1.36. The van der Waals surface area contributed by atoms with Gasteiger partial charge >= 0.3 is 5.97 Å². The summed E-state index contributed by atoms with van der Waals surface area (Å²) in [6.07, 6.45) is 1.00. The van der Waals surface area contributed by atoms with Crippen LogP contribution in [0.1, 0.15) is 18.4 Å². The van der Waals surface area contributed by atoms with Crippen molar-refractivity contribution in [3.05, 3.63) is 34.2 Å². The van der Waals surface area contributed by atoms with Crippen molar-refractivity contribution in [2.24, 2.45) is 5.73 Å². The van der Waals surface area contributed by atoms with E-state index in [1.807, 2.05) is 0 Å². The first-order valence-corrected chi connectivity index (χ1v) is 6.27. The molecular formula is C13H17N3O5. The van der Waals surface area contributed by atoms with Crippen LogP contribution in [0.5, 0.6) is 0 Å². The topological polar surface area (TPSA) is 131 Å².